The zero-order chi connectivity index (χ0) is 21.0. The van der Waals surface area contributed by atoms with Crippen molar-refractivity contribution >= 4 is 44.2 Å². The molecule has 162 valence electrons. The summed E-state index contributed by atoms with van der Waals surface area (Å²) >= 11 is 3.63. The Morgan fingerprint density at radius 2 is 1.87 bits per heavy atom. The minimum atomic E-state index is 0.236. The zero-order valence-corrected chi connectivity index (χ0v) is 18.9. The molecule has 0 radical (unpaired) electrons. The summed E-state index contributed by atoms with van der Waals surface area (Å²) in [5.74, 6) is 1.40. The molecule has 0 spiro atoms. The second-order valence-electron chi connectivity index (χ2n) is 7.87. The van der Waals surface area contributed by atoms with Crippen molar-refractivity contribution in [3.63, 3.8) is 0 Å². The summed E-state index contributed by atoms with van der Waals surface area (Å²) in [7, 11) is 0. The van der Waals surface area contributed by atoms with Crippen LogP contribution in [0.3, 0.4) is 0 Å². The number of fused-ring (bicyclic) bond motifs is 1. The minimum Gasteiger partial charge on any atom is -0.489 e. The number of hydrogen-bond donors (Lipinski definition) is 2. The maximum atomic E-state index is 6.24. The molecular weight excluding hydrogens is 458 g/mol. The Hall–Kier alpha value is -2.42. The molecule has 0 aliphatic carbocycles. The Labute approximate surface area is 190 Å². The molecule has 2 aliphatic heterocycles. The van der Waals surface area contributed by atoms with Gasteiger partial charge in [0.1, 0.15) is 11.9 Å². The number of piperidine rings is 1. The number of nitrogens with zero attached hydrogens (tertiary/aromatic N) is 3. The molecule has 0 bridgehead atoms. The SMILES string of the molecule is Brc1cc2cnc(Nc3ccc(N4CCOCC4)cc3)nc2cc1OC1CCNCC1. The van der Waals surface area contributed by atoms with Crippen LogP contribution in [0.4, 0.5) is 17.3 Å². The van der Waals surface area contributed by atoms with E-state index in [-0.39, 0.29) is 6.10 Å². The van der Waals surface area contributed by atoms with Gasteiger partial charge in [-0.25, -0.2) is 9.97 Å². The molecule has 5 rings (SSSR count). The highest BCUT2D eigenvalue weighted by Crippen LogP contribution is 2.32. The van der Waals surface area contributed by atoms with Gasteiger partial charge < -0.3 is 25.0 Å². The largest absolute Gasteiger partial charge is 0.489 e. The van der Waals surface area contributed by atoms with Gasteiger partial charge in [-0.15, -0.1) is 0 Å². The van der Waals surface area contributed by atoms with E-state index in [1.165, 1.54) is 5.69 Å². The molecule has 31 heavy (non-hydrogen) atoms. The van der Waals surface area contributed by atoms with E-state index in [1.54, 1.807) is 0 Å². The molecule has 2 aliphatic rings. The quantitative estimate of drug-likeness (QED) is 0.565. The molecule has 2 saturated heterocycles. The van der Waals surface area contributed by atoms with Crippen molar-refractivity contribution in [2.24, 2.45) is 0 Å². The van der Waals surface area contributed by atoms with Gasteiger partial charge in [0.2, 0.25) is 5.95 Å². The molecule has 0 saturated carbocycles. The van der Waals surface area contributed by atoms with Crippen molar-refractivity contribution in [1.82, 2.24) is 15.3 Å². The number of morpholine rings is 1. The highest BCUT2D eigenvalue weighted by atomic mass is 79.9. The van der Waals surface area contributed by atoms with Crippen molar-refractivity contribution in [3.8, 4) is 5.75 Å². The van der Waals surface area contributed by atoms with Crippen LogP contribution in [-0.4, -0.2) is 55.5 Å². The minimum absolute atomic E-state index is 0.236. The van der Waals surface area contributed by atoms with E-state index in [4.69, 9.17) is 14.5 Å². The Kier molecular flexibility index (Phi) is 6.20. The van der Waals surface area contributed by atoms with Crippen LogP contribution >= 0.6 is 15.9 Å². The molecule has 1 aromatic heterocycles. The van der Waals surface area contributed by atoms with Gasteiger partial charge in [0.05, 0.1) is 23.2 Å². The third kappa shape index (κ3) is 4.92. The highest BCUT2D eigenvalue weighted by molar-refractivity contribution is 9.10. The van der Waals surface area contributed by atoms with Gasteiger partial charge >= 0.3 is 0 Å². The van der Waals surface area contributed by atoms with Crippen LogP contribution in [0.15, 0.2) is 47.1 Å². The van der Waals surface area contributed by atoms with Crippen molar-refractivity contribution in [2.45, 2.75) is 18.9 Å². The summed E-state index contributed by atoms with van der Waals surface area (Å²) in [5.41, 5.74) is 3.02. The van der Waals surface area contributed by atoms with E-state index < -0.39 is 0 Å². The van der Waals surface area contributed by atoms with Crippen LogP contribution < -0.4 is 20.3 Å². The molecular formula is C23H26BrN5O2. The molecule has 8 heteroatoms. The van der Waals surface area contributed by atoms with Gasteiger partial charge in [-0.3, -0.25) is 0 Å². The van der Waals surface area contributed by atoms with Gasteiger partial charge in [-0.1, -0.05) is 0 Å². The normalized spacial score (nSPS) is 17.6. The Balaban J connectivity index is 1.32. The Bertz CT molecular complexity index is 1030. The van der Waals surface area contributed by atoms with Crippen LogP contribution in [0, 0.1) is 0 Å². The number of nitrogens with one attached hydrogen (secondary N) is 2. The number of halogens is 1. The third-order valence-electron chi connectivity index (χ3n) is 5.71. The lowest BCUT2D eigenvalue weighted by Gasteiger charge is -2.28. The van der Waals surface area contributed by atoms with Crippen molar-refractivity contribution in [2.75, 3.05) is 49.6 Å². The molecule has 2 N–H and O–H groups in total. The van der Waals surface area contributed by atoms with E-state index >= 15 is 0 Å². The van der Waals surface area contributed by atoms with Crippen molar-refractivity contribution < 1.29 is 9.47 Å². The molecule has 0 amide bonds. The van der Waals surface area contributed by atoms with E-state index in [0.29, 0.717) is 5.95 Å². The first-order valence-electron chi connectivity index (χ1n) is 10.8. The highest BCUT2D eigenvalue weighted by Gasteiger charge is 2.17. The smallest absolute Gasteiger partial charge is 0.227 e. The van der Waals surface area contributed by atoms with Gasteiger partial charge in [0, 0.05) is 42.1 Å². The number of ether oxygens (including phenoxy) is 2. The fourth-order valence-corrected chi connectivity index (χ4v) is 4.44. The van der Waals surface area contributed by atoms with Crippen LogP contribution in [0.25, 0.3) is 10.9 Å². The fourth-order valence-electron chi connectivity index (χ4n) is 3.98. The lowest BCUT2D eigenvalue weighted by molar-refractivity contribution is 0.122. The molecule has 0 atom stereocenters. The summed E-state index contributed by atoms with van der Waals surface area (Å²) in [6.07, 6.45) is 4.11. The Morgan fingerprint density at radius 1 is 1.10 bits per heavy atom. The predicted molar refractivity (Wildman–Crippen MR) is 127 cm³/mol. The van der Waals surface area contributed by atoms with Crippen LogP contribution in [0.5, 0.6) is 5.75 Å². The first-order valence-corrected chi connectivity index (χ1v) is 11.6. The lowest BCUT2D eigenvalue weighted by atomic mass is 10.1. The van der Waals surface area contributed by atoms with Crippen LogP contribution in [0.2, 0.25) is 0 Å². The standard InChI is InChI=1S/C23H26BrN5O2/c24-20-13-16-15-26-23(28-21(16)14-22(20)31-19-5-7-25-8-6-19)27-17-1-3-18(4-2-17)29-9-11-30-12-10-29/h1-4,13-15,19,25H,5-12H2,(H,26,27,28). The summed E-state index contributed by atoms with van der Waals surface area (Å²) < 4.78 is 12.6. The number of anilines is 3. The lowest BCUT2D eigenvalue weighted by Crippen LogP contribution is -2.36. The average Bonchev–Trinajstić information content (AvgIpc) is 2.82. The Morgan fingerprint density at radius 3 is 2.65 bits per heavy atom. The molecule has 2 fully saturated rings. The second-order valence-corrected chi connectivity index (χ2v) is 8.73. The summed E-state index contributed by atoms with van der Waals surface area (Å²) in [5, 5.41) is 7.65. The van der Waals surface area contributed by atoms with Gasteiger partial charge in [0.15, 0.2) is 0 Å². The first kappa shape index (κ1) is 20.5. The van der Waals surface area contributed by atoms with E-state index in [2.05, 4.69) is 60.7 Å². The third-order valence-corrected chi connectivity index (χ3v) is 6.33. The van der Waals surface area contributed by atoms with Gasteiger partial charge in [0.25, 0.3) is 0 Å². The molecule has 3 heterocycles. The van der Waals surface area contributed by atoms with E-state index in [9.17, 15) is 0 Å². The monoisotopic (exact) mass is 483 g/mol. The molecule has 7 nitrogen and oxygen atoms in total. The number of hydrogen-bond acceptors (Lipinski definition) is 7. The molecule has 3 aromatic rings. The van der Waals surface area contributed by atoms with Gasteiger partial charge in [-0.2, -0.15) is 0 Å². The van der Waals surface area contributed by atoms with Crippen molar-refractivity contribution in [3.05, 3.63) is 47.1 Å². The topological polar surface area (TPSA) is 71.5 Å². The summed E-state index contributed by atoms with van der Waals surface area (Å²) in [6.45, 7) is 5.41. The molecule has 2 aromatic carbocycles. The number of rotatable bonds is 5. The second kappa shape index (κ2) is 9.38. The summed E-state index contributed by atoms with van der Waals surface area (Å²) in [4.78, 5) is 11.5. The number of benzene rings is 2. The molecule has 0 unspecified atom stereocenters. The maximum Gasteiger partial charge on any atom is 0.227 e. The predicted octanol–water partition coefficient (Wildman–Crippen LogP) is 4.10. The number of aromatic nitrogens is 2. The summed E-state index contributed by atoms with van der Waals surface area (Å²) in [6, 6.07) is 12.4. The first-order chi connectivity index (χ1) is 15.2. The maximum absolute atomic E-state index is 6.24. The average molecular weight is 484 g/mol. The zero-order valence-electron chi connectivity index (χ0n) is 17.3. The van der Waals surface area contributed by atoms with Gasteiger partial charge in [-0.05, 0) is 72.2 Å². The van der Waals surface area contributed by atoms with Crippen LogP contribution in [-0.2, 0) is 4.74 Å². The van der Waals surface area contributed by atoms with Crippen molar-refractivity contribution in [1.29, 1.82) is 0 Å². The van der Waals surface area contributed by atoms with E-state index in [0.717, 1.165) is 79.0 Å². The van der Waals surface area contributed by atoms with E-state index in [1.807, 2.05) is 18.3 Å². The fraction of sp³-hybridized carbons (Fsp3) is 0.391. The van der Waals surface area contributed by atoms with Crippen LogP contribution in [0.1, 0.15) is 12.8 Å².